The Morgan fingerprint density at radius 3 is 2.43 bits per heavy atom. The lowest BCUT2D eigenvalue weighted by Gasteiger charge is -2.10. The van der Waals surface area contributed by atoms with Gasteiger partial charge >= 0.3 is 5.97 Å². The Labute approximate surface area is 137 Å². The molecule has 7 heteroatoms. The maximum Gasteiger partial charge on any atom is 0.337 e. The molecule has 1 amide bonds. The molecule has 2 aromatic carbocycles. The summed E-state index contributed by atoms with van der Waals surface area (Å²) in [7, 11) is 0. The molecule has 0 aliphatic heterocycles. The van der Waals surface area contributed by atoms with Crippen LogP contribution in [0.5, 0.6) is 0 Å². The molecule has 0 spiro atoms. The topological polar surface area (TPSA) is 92.4 Å². The van der Waals surface area contributed by atoms with Crippen LogP contribution >= 0.6 is 31.9 Å². The minimum atomic E-state index is -1.11. The molecule has 0 radical (unpaired) electrons. The monoisotopic (exact) mass is 412 g/mol. The highest BCUT2D eigenvalue weighted by molar-refractivity contribution is 9.10. The first kappa shape index (κ1) is 15.5. The molecule has 0 saturated heterocycles. The molecule has 0 heterocycles. The van der Waals surface area contributed by atoms with Crippen molar-refractivity contribution in [2.24, 2.45) is 0 Å². The highest BCUT2D eigenvalue weighted by Gasteiger charge is 2.14. The fourth-order valence-corrected chi connectivity index (χ4v) is 2.41. The third-order valence-electron chi connectivity index (χ3n) is 2.72. The van der Waals surface area contributed by atoms with E-state index in [0.29, 0.717) is 20.2 Å². The van der Waals surface area contributed by atoms with E-state index in [1.54, 1.807) is 24.3 Å². The molecule has 0 aliphatic carbocycles. The van der Waals surface area contributed by atoms with Crippen molar-refractivity contribution in [2.45, 2.75) is 0 Å². The molecular formula is C14H10Br2N2O3. The Bertz CT molecular complexity index is 732. The summed E-state index contributed by atoms with van der Waals surface area (Å²) in [5.74, 6) is -1.53. The molecule has 0 atom stereocenters. The highest BCUT2D eigenvalue weighted by atomic mass is 79.9. The quantitative estimate of drug-likeness (QED) is 0.668. The van der Waals surface area contributed by atoms with E-state index in [1.165, 1.54) is 12.1 Å². The van der Waals surface area contributed by atoms with Gasteiger partial charge < -0.3 is 16.2 Å². The second-order valence-corrected chi connectivity index (χ2v) is 5.96. The third-order valence-corrected chi connectivity index (χ3v) is 3.90. The zero-order chi connectivity index (χ0) is 15.6. The van der Waals surface area contributed by atoms with Gasteiger partial charge in [-0.25, -0.2) is 4.79 Å². The molecule has 0 unspecified atom stereocenters. The number of halogens is 2. The van der Waals surface area contributed by atoms with Crippen LogP contribution in [0.15, 0.2) is 45.3 Å². The van der Waals surface area contributed by atoms with Gasteiger partial charge in [-0.15, -0.1) is 0 Å². The van der Waals surface area contributed by atoms with Crippen LogP contribution in [0.3, 0.4) is 0 Å². The standard InChI is InChI=1S/C14H10Br2N2O3/c15-8-2-3-9(14(20)21)12(6-8)18-13(19)7-1-4-11(17)10(16)5-7/h1-6H,17H2,(H,18,19)(H,20,21). The van der Waals surface area contributed by atoms with Gasteiger partial charge in [-0.05, 0) is 52.3 Å². The smallest absolute Gasteiger partial charge is 0.337 e. The number of anilines is 2. The van der Waals surface area contributed by atoms with Crippen molar-refractivity contribution in [3.63, 3.8) is 0 Å². The molecule has 0 aliphatic rings. The van der Waals surface area contributed by atoms with E-state index < -0.39 is 11.9 Å². The first-order valence-electron chi connectivity index (χ1n) is 5.77. The van der Waals surface area contributed by atoms with Gasteiger partial charge in [0.2, 0.25) is 0 Å². The van der Waals surface area contributed by atoms with Crippen molar-refractivity contribution in [1.82, 2.24) is 0 Å². The largest absolute Gasteiger partial charge is 0.478 e. The van der Waals surface area contributed by atoms with Crippen LogP contribution in [0, 0.1) is 0 Å². The number of carbonyl (C=O) groups is 2. The number of aromatic carboxylic acids is 1. The van der Waals surface area contributed by atoms with Gasteiger partial charge in [-0.3, -0.25) is 4.79 Å². The maximum absolute atomic E-state index is 12.2. The summed E-state index contributed by atoms with van der Waals surface area (Å²) >= 11 is 6.49. The van der Waals surface area contributed by atoms with Crippen molar-refractivity contribution in [3.05, 3.63) is 56.5 Å². The number of carboxylic acids is 1. The van der Waals surface area contributed by atoms with Gasteiger partial charge in [-0.1, -0.05) is 15.9 Å². The number of nitrogens with one attached hydrogen (secondary N) is 1. The van der Waals surface area contributed by atoms with Crippen LogP contribution in [-0.2, 0) is 0 Å². The zero-order valence-corrected chi connectivity index (χ0v) is 13.7. The summed E-state index contributed by atoms with van der Waals surface area (Å²) in [4.78, 5) is 23.3. The molecule has 2 aromatic rings. The van der Waals surface area contributed by atoms with Crippen molar-refractivity contribution in [2.75, 3.05) is 11.1 Å². The Kier molecular flexibility index (Phi) is 4.64. The Morgan fingerprint density at radius 2 is 1.81 bits per heavy atom. The molecule has 4 N–H and O–H groups in total. The summed E-state index contributed by atoms with van der Waals surface area (Å²) < 4.78 is 1.27. The molecule has 2 rings (SSSR count). The van der Waals surface area contributed by atoms with Gasteiger partial charge in [0.25, 0.3) is 5.91 Å². The molecule has 21 heavy (non-hydrogen) atoms. The van der Waals surface area contributed by atoms with Crippen molar-refractivity contribution in [3.8, 4) is 0 Å². The number of nitrogens with two attached hydrogens (primary N) is 1. The van der Waals surface area contributed by atoms with Crippen LogP contribution < -0.4 is 11.1 Å². The summed E-state index contributed by atoms with van der Waals surface area (Å²) in [5.41, 5.74) is 6.78. The second-order valence-electron chi connectivity index (χ2n) is 4.19. The van der Waals surface area contributed by atoms with Crippen LogP contribution in [0.1, 0.15) is 20.7 Å². The van der Waals surface area contributed by atoms with Crippen molar-refractivity contribution in [1.29, 1.82) is 0 Å². The number of hydrogen-bond acceptors (Lipinski definition) is 3. The normalized spacial score (nSPS) is 10.2. The Morgan fingerprint density at radius 1 is 1.10 bits per heavy atom. The van der Waals surface area contributed by atoms with E-state index in [2.05, 4.69) is 37.2 Å². The van der Waals surface area contributed by atoms with E-state index in [0.717, 1.165) is 0 Å². The summed E-state index contributed by atoms with van der Waals surface area (Å²) in [6.45, 7) is 0. The van der Waals surface area contributed by atoms with Crippen molar-refractivity contribution >= 4 is 55.1 Å². The van der Waals surface area contributed by atoms with E-state index in [4.69, 9.17) is 10.8 Å². The molecule has 5 nitrogen and oxygen atoms in total. The molecule has 0 aromatic heterocycles. The Balaban J connectivity index is 2.33. The second kappa shape index (κ2) is 6.28. The minimum Gasteiger partial charge on any atom is -0.478 e. The zero-order valence-electron chi connectivity index (χ0n) is 10.6. The van der Waals surface area contributed by atoms with E-state index in [1.807, 2.05) is 0 Å². The van der Waals surface area contributed by atoms with Crippen molar-refractivity contribution < 1.29 is 14.7 Å². The number of amides is 1. The third kappa shape index (κ3) is 3.62. The predicted molar refractivity (Wildman–Crippen MR) is 87.6 cm³/mol. The molecular weight excluding hydrogens is 404 g/mol. The van der Waals surface area contributed by atoms with Crippen LogP contribution in [0.2, 0.25) is 0 Å². The Hall–Kier alpha value is -1.86. The lowest BCUT2D eigenvalue weighted by atomic mass is 10.1. The maximum atomic E-state index is 12.2. The molecule has 108 valence electrons. The van der Waals surface area contributed by atoms with E-state index in [-0.39, 0.29) is 11.3 Å². The first-order valence-corrected chi connectivity index (χ1v) is 7.36. The lowest BCUT2D eigenvalue weighted by Crippen LogP contribution is -2.15. The number of hydrogen-bond donors (Lipinski definition) is 3. The van der Waals surface area contributed by atoms with Gasteiger partial charge in [0.05, 0.1) is 11.3 Å². The SMILES string of the molecule is Nc1ccc(C(=O)Nc2cc(Br)ccc2C(=O)O)cc1Br. The summed E-state index contributed by atoms with van der Waals surface area (Å²) in [6.07, 6.45) is 0. The van der Waals surface area contributed by atoms with E-state index >= 15 is 0 Å². The summed E-state index contributed by atoms with van der Waals surface area (Å²) in [6, 6.07) is 9.28. The number of carbonyl (C=O) groups excluding carboxylic acids is 1. The number of carboxylic acid groups (broad SMARTS) is 1. The van der Waals surface area contributed by atoms with E-state index in [9.17, 15) is 9.59 Å². The molecule has 0 bridgehead atoms. The van der Waals surface area contributed by atoms with Gasteiger partial charge in [0, 0.05) is 20.2 Å². The van der Waals surface area contributed by atoms with Gasteiger partial charge in [0.1, 0.15) is 0 Å². The lowest BCUT2D eigenvalue weighted by molar-refractivity contribution is 0.0698. The van der Waals surface area contributed by atoms with Crippen LogP contribution in [0.4, 0.5) is 11.4 Å². The first-order chi connectivity index (χ1) is 9.88. The van der Waals surface area contributed by atoms with Crippen LogP contribution in [0.25, 0.3) is 0 Å². The number of rotatable bonds is 3. The highest BCUT2D eigenvalue weighted by Crippen LogP contribution is 2.24. The fourth-order valence-electron chi connectivity index (χ4n) is 1.67. The average Bonchev–Trinajstić information content (AvgIpc) is 2.41. The fraction of sp³-hybridized carbons (Fsp3) is 0. The van der Waals surface area contributed by atoms with Gasteiger partial charge in [0.15, 0.2) is 0 Å². The predicted octanol–water partition coefficient (Wildman–Crippen LogP) is 3.74. The molecule has 0 saturated carbocycles. The van der Waals surface area contributed by atoms with Gasteiger partial charge in [-0.2, -0.15) is 0 Å². The number of nitrogen functional groups attached to an aromatic ring is 1. The minimum absolute atomic E-state index is 0.0149. The molecule has 0 fully saturated rings. The van der Waals surface area contributed by atoms with Crippen LogP contribution in [-0.4, -0.2) is 17.0 Å². The average molecular weight is 414 g/mol. The number of benzene rings is 2. The summed E-state index contributed by atoms with van der Waals surface area (Å²) in [5, 5.41) is 11.7.